The summed E-state index contributed by atoms with van der Waals surface area (Å²) in [5.74, 6) is -1.15. The Morgan fingerprint density at radius 2 is 2.00 bits per heavy atom. The van der Waals surface area contributed by atoms with E-state index in [1.54, 1.807) is 12.1 Å². The predicted octanol–water partition coefficient (Wildman–Crippen LogP) is 2.03. The lowest BCUT2D eigenvalue weighted by Crippen LogP contribution is -2.39. The molecule has 0 spiro atoms. The SMILES string of the molecule is C[C@H](NC(=O)[C@H]1C[C@H]1c1ccc(Cl)cc1)C(=O)O. The van der Waals surface area contributed by atoms with Crippen LogP contribution >= 0.6 is 11.6 Å². The van der Waals surface area contributed by atoms with Gasteiger partial charge in [-0.05, 0) is 37.0 Å². The molecule has 1 saturated carbocycles. The van der Waals surface area contributed by atoms with Crippen molar-refractivity contribution in [2.75, 3.05) is 0 Å². The molecule has 18 heavy (non-hydrogen) atoms. The number of hydrogen-bond acceptors (Lipinski definition) is 2. The summed E-state index contributed by atoms with van der Waals surface area (Å²) in [7, 11) is 0. The van der Waals surface area contributed by atoms with E-state index in [0.717, 1.165) is 12.0 Å². The number of carbonyl (C=O) groups is 2. The smallest absolute Gasteiger partial charge is 0.325 e. The maximum Gasteiger partial charge on any atom is 0.325 e. The van der Waals surface area contributed by atoms with Crippen LogP contribution in [0.1, 0.15) is 24.8 Å². The molecule has 0 saturated heterocycles. The summed E-state index contributed by atoms with van der Waals surface area (Å²) in [5, 5.41) is 11.9. The molecule has 4 nitrogen and oxygen atoms in total. The summed E-state index contributed by atoms with van der Waals surface area (Å²) in [6.45, 7) is 1.46. The molecule has 0 heterocycles. The van der Waals surface area contributed by atoms with Gasteiger partial charge in [0.1, 0.15) is 6.04 Å². The van der Waals surface area contributed by atoms with Crippen molar-refractivity contribution in [3.8, 4) is 0 Å². The molecule has 1 fully saturated rings. The summed E-state index contributed by atoms with van der Waals surface area (Å²) in [6.07, 6.45) is 0.764. The van der Waals surface area contributed by atoms with Gasteiger partial charge in [0.25, 0.3) is 0 Å². The minimum atomic E-state index is -1.02. The van der Waals surface area contributed by atoms with Crippen LogP contribution < -0.4 is 5.32 Å². The quantitative estimate of drug-likeness (QED) is 0.877. The molecular weight excluding hydrogens is 254 g/mol. The van der Waals surface area contributed by atoms with Gasteiger partial charge in [-0.2, -0.15) is 0 Å². The number of amides is 1. The van der Waals surface area contributed by atoms with Crippen molar-refractivity contribution < 1.29 is 14.7 Å². The van der Waals surface area contributed by atoms with E-state index in [-0.39, 0.29) is 17.7 Å². The number of carboxylic acid groups (broad SMARTS) is 1. The average molecular weight is 268 g/mol. The van der Waals surface area contributed by atoms with Crippen molar-refractivity contribution in [2.24, 2.45) is 5.92 Å². The van der Waals surface area contributed by atoms with Gasteiger partial charge in [-0.3, -0.25) is 9.59 Å². The Kier molecular flexibility index (Phi) is 3.57. The molecule has 96 valence electrons. The molecule has 2 rings (SSSR count). The summed E-state index contributed by atoms with van der Waals surface area (Å²) < 4.78 is 0. The van der Waals surface area contributed by atoms with Gasteiger partial charge >= 0.3 is 5.97 Å². The van der Waals surface area contributed by atoms with E-state index in [1.807, 2.05) is 12.1 Å². The first kappa shape index (κ1) is 12.9. The van der Waals surface area contributed by atoms with Crippen LogP contribution in [0.2, 0.25) is 5.02 Å². The highest BCUT2D eigenvalue weighted by molar-refractivity contribution is 6.30. The highest BCUT2D eigenvalue weighted by Gasteiger charge is 2.44. The molecule has 2 N–H and O–H groups in total. The van der Waals surface area contributed by atoms with E-state index in [9.17, 15) is 9.59 Å². The van der Waals surface area contributed by atoms with Crippen LogP contribution in [0.3, 0.4) is 0 Å². The molecule has 0 radical (unpaired) electrons. The highest BCUT2D eigenvalue weighted by atomic mass is 35.5. The largest absolute Gasteiger partial charge is 0.480 e. The maximum absolute atomic E-state index is 11.8. The molecular formula is C13H14ClNO3. The molecule has 1 aromatic rings. The number of halogens is 1. The van der Waals surface area contributed by atoms with E-state index >= 15 is 0 Å². The van der Waals surface area contributed by atoms with Crippen LogP contribution in [0.4, 0.5) is 0 Å². The van der Waals surface area contributed by atoms with E-state index in [1.165, 1.54) is 6.92 Å². The first-order chi connectivity index (χ1) is 8.49. The zero-order chi connectivity index (χ0) is 13.3. The fraction of sp³-hybridized carbons (Fsp3) is 0.385. The summed E-state index contributed by atoms with van der Waals surface area (Å²) in [5.41, 5.74) is 1.07. The van der Waals surface area contributed by atoms with Crippen molar-refractivity contribution in [2.45, 2.75) is 25.3 Å². The molecule has 0 aromatic heterocycles. The normalized spacial score (nSPS) is 23.2. The molecule has 0 unspecified atom stereocenters. The third kappa shape index (κ3) is 2.82. The maximum atomic E-state index is 11.8. The average Bonchev–Trinajstić information content (AvgIpc) is 3.09. The van der Waals surface area contributed by atoms with Crippen molar-refractivity contribution in [3.05, 3.63) is 34.9 Å². The number of carbonyl (C=O) groups excluding carboxylic acids is 1. The number of aliphatic carboxylic acids is 1. The molecule has 0 aliphatic heterocycles. The van der Waals surface area contributed by atoms with Gasteiger partial charge in [-0.15, -0.1) is 0 Å². The zero-order valence-corrected chi connectivity index (χ0v) is 10.6. The Morgan fingerprint density at radius 1 is 1.39 bits per heavy atom. The topological polar surface area (TPSA) is 66.4 Å². The van der Waals surface area contributed by atoms with Crippen LogP contribution in [0.25, 0.3) is 0 Å². The number of benzene rings is 1. The molecule has 3 atom stereocenters. The number of carboxylic acids is 1. The van der Waals surface area contributed by atoms with Gasteiger partial charge < -0.3 is 10.4 Å². The lowest BCUT2D eigenvalue weighted by Gasteiger charge is -2.08. The van der Waals surface area contributed by atoms with E-state index in [2.05, 4.69) is 5.32 Å². The number of rotatable bonds is 4. The van der Waals surface area contributed by atoms with E-state index < -0.39 is 12.0 Å². The molecule has 1 aliphatic carbocycles. The van der Waals surface area contributed by atoms with Gasteiger partial charge in [0.2, 0.25) is 5.91 Å². The van der Waals surface area contributed by atoms with Crippen LogP contribution in [0.15, 0.2) is 24.3 Å². The van der Waals surface area contributed by atoms with Crippen molar-refractivity contribution in [3.63, 3.8) is 0 Å². The minimum absolute atomic E-state index is 0.118. The Balaban J connectivity index is 1.93. The van der Waals surface area contributed by atoms with Gasteiger partial charge in [0.15, 0.2) is 0 Å². The first-order valence-electron chi connectivity index (χ1n) is 5.77. The van der Waals surface area contributed by atoms with Crippen LogP contribution in [0, 0.1) is 5.92 Å². The standard InChI is InChI=1S/C13H14ClNO3/c1-7(13(17)18)15-12(16)11-6-10(11)8-2-4-9(14)5-3-8/h2-5,7,10-11H,6H2,1H3,(H,15,16)(H,17,18)/t7-,10-,11-/m0/s1. The van der Waals surface area contributed by atoms with Crippen LogP contribution in [-0.2, 0) is 9.59 Å². The number of nitrogens with one attached hydrogen (secondary N) is 1. The highest BCUT2D eigenvalue weighted by Crippen LogP contribution is 2.47. The molecule has 1 aromatic carbocycles. The lowest BCUT2D eigenvalue weighted by molar-refractivity contribution is -0.141. The van der Waals surface area contributed by atoms with Crippen molar-refractivity contribution >= 4 is 23.5 Å². The second kappa shape index (κ2) is 4.98. The number of hydrogen-bond donors (Lipinski definition) is 2. The molecule has 1 amide bonds. The first-order valence-corrected chi connectivity index (χ1v) is 6.15. The summed E-state index contributed by atoms with van der Waals surface area (Å²) in [6, 6.07) is 6.56. The monoisotopic (exact) mass is 267 g/mol. The third-order valence-electron chi connectivity index (χ3n) is 3.15. The third-order valence-corrected chi connectivity index (χ3v) is 3.41. The lowest BCUT2D eigenvalue weighted by atomic mass is 10.1. The Bertz CT molecular complexity index is 472. The minimum Gasteiger partial charge on any atom is -0.480 e. The molecule has 0 bridgehead atoms. The predicted molar refractivity (Wildman–Crippen MR) is 67.5 cm³/mol. The fourth-order valence-electron chi connectivity index (χ4n) is 1.95. The second-order valence-corrected chi connectivity index (χ2v) is 5.01. The molecule has 1 aliphatic rings. The molecule has 5 heteroatoms. The van der Waals surface area contributed by atoms with E-state index in [4.69, 9.17) is 16.7 Å². The van der Waals surface area contributed by atoms with Crippen molar-refractivity contribution in [1.82, 2.24) is 5.32 Å². The van der Waals surface area contributed by atoms with Crippen LogP contribution in [0.5, 0.6) is 0 Å². The van der Waals surface area contributed by atoms with Gasteiger partial charge in [-0.25, -0.2) is 0 Å². The van der Waals surface area contributed by atoms with Gasteiger partial charge in [0, 0.05) is 10.9 Å². The Labute approximate surface area is 110 Å². The van der Waals surface area contributed by atoms with E-state index in [0.29, 0.717) is 5.02 Å². The van der Waals surface area contributed by atoms with Crippen molar-refractivity contribution in [1.29, 1.82) is 0 Å². The van der Waals surface area contributed by atoms with Gasteiger partial charge in [0.05, 0.1) is 0 Å². The Hall–Kier alpha value is -1.55. The second-order valence-electron chi connectivity index (χ2n) is 4.57. The Morgan fingerprint density at radius 3 is 2.56 bits per heavy atom. The summed E-state index contributed by atoms with van der Waals surface area (Å²) >= 11 is 5.79. The summed E-state index contributed by atoms with van der Waals surface area (Å²) in [4.78, 5) is 22.4. The zero-order valence-electron chi connectivity index (χ0n) is 9.89. The van der Waals surface area contributed by atoms with Crippen LogP contribution in [-0.4, -0.2) is 23.0 Å². The van der Waals surface area contributed by atoms with Gasteiger partial charge in [-0.1, -0.05) is 23.7 Å². The fourth-order valence-corrected chi connectivity index (χ4v) is 2.07.